The van der Waals surface area contributed by atoms with Gasteiger partial charge < -0.3 is 10.8 Å². The van der Waals surface area contributed by atoms with Gasteiger partial charge in [0.05, 0.1) is 5.69 Å². The molecule has 0 aliphatic rings. The minimum absolute atomic E-state index is 0.213. The van der Waals surface area contributed by atoms with Crippen molar-refractivity contribution in [1.82, 2.24) is 0 Å². The minimum atomic E-state index is -1.02. The number of nitrogens with one attached hydrogen (secondary N) is 2. The van der Waals surface area contributed by atoms with E-state index in [0.717, 1.165) is 6.08 Å². The maximum Gasteiger partial charge on any atom is 0.328 e. The van der Waals surface area contributed by atoms with Crippen LogP contribution >= 0.6 is 0 Å². The summed E-state index contributed by atoms with van der Waals surface area (Å²) in [5.74, 6) is -1.44. The Hall–Kier alpha value is -3.14. The number of rotatable bonds is 5. The van der Waals surface area contributed by atoms with Crippen LogP contribution in [0.25, 0.3) is 6.08 Å². The van der Waals surface area contributed by atoms with Crippen LogP contribution < -0.4 is 11.2 Å². The molecule has 0 spiro atoms. The first-order chi connectivity index (χ1) is 9.02. The van der Waals surface area contributed by atoms with Crippen molar-refractivity contribution in [3.63, 3.8) is 0 Å². The van der Waals surface area contributed by atoms with Crippen molar-refractivity contribution < 1.29 is 9.90 Å². The summed E-state index contributed by atoms with van der Waals surface area (Å²) >= 11 is 0. The van der Waals surface area contributed by atoms with Gasteiger partial charge in [-0.3, -0.25) is 10.8 Å². The van der Waals surface area contributed by atoms with Crippen LogP contribution in [-0.2, 0) is 4.79 Å². The van der Waals surface area contributed by atoms with Gasteiger partial charge in [0.15, 0.2) is 5.84 Å². The van der Waals surface area contributed by atoms with Crippen molar-refractivity contribution in [3.8, 4) is 6.07 Å². The van der Waals surface area contributed by atoms with E-state index in [-0.39, 0.29) is 5.71 Å². The summed E-state index contributed by atoms with van der Waals surface area (Å²) in [6.45, 7) is 0. The van der Waals surface area contributed by atoms with Crippen molar-refractivity contribution >= 4 is 29.3 Å². The predicted molar refractivity (Wildman–Crippen MR) is 71.7 cm³/mol. The van der Waals surface area contributed by atoms with Crippen molar-refractivity contribution in [2.24, 2.45) is 10.8 Å². The first kappa shape index (κ1) is 13.9. The molecule has 0 amide bonds. The highest BCUT2D eigenvalue weighted by Gasteiger charge is 2.00. The van der Waals surface area contributed by atoms with Crippen LogP contribution in [0.15, 0.2) is 35.4 Å². The lowest BCUT2D eigenvalue weighted by Gasteiger charge is -2.01. The molecule has 5 N–H and O–H groups in total. The quantitative estimate of drug-likeness (QED) is 0.270. The molecule has 1 aromatic rings. The SMILES string of the molecule is N#C/C(=N\Nc1ccc(C=CC(=O)O)cc1)C(=N)N. The molecule has 19 heavy (non-hydrogen) atoms. The summed E-state index contributed by atoms with van der Waals surface area (Å²) < 4.78 is 0. The number of nitriles is 1. The van der Waals surface area contributed by atoms with Crippen LogP contribution in [0.5, 0.6) is 0 Å². The van der Waals surface area contributed by atoms with Crippen LogP contribution in [0.2, 0.25) is 0 Å². The number of hydrogen-bond acceptors (Lipinski definition) is 5. The number of hydrogen-bond donors (Lipinski definition) is 4. The van der Waals surface area contributed by atoms with Crippen molar-refractivity contribution in [1.29, 1.82) is 10.7 Å². The summed E-state index contributed by atoms with van der Waals surface area (Å²) in [7, 11) is 0. The van der Waals surface area contributed by atoms with Gasteiger partial charge in [-0.05, 0) is 23.8 Å². The van der Waals surface area contributed by atoms with Gasteiger partial charge in [0, 0.05) is 6.08 Å². The minimum Gasteiger partial charge on any atom is -0.478 e. The summed E-state index contributed by atoms with van der Waals surface area (Å²) in [6.07, 6.45) is 2.48. The molecule has 0 fully saturated rings. The fourth-order valence-electron chi connectivity index (χ4n) is 1.10. The van der Waals surface area contributed by atoms with Gasteiger partial charge in [0.1, 0.15) is 6.07 Å². The number of hydrazone groups is 1. The Morgan fingerprint density at radius 3 is 2.58 bits per heavy atom. The molecule has 1 aromatic carbocycles. The molecule has 0 heterocycles. The molecule has 0 aromatic heterocycles. The van der Waals surface area contributed by atoms with Crippen molar-refractivity contribution in [2.75, 3.05) is 5.43 Å². The van der Waals surface area contributed by atoms with E-state index in [4.69, 9.17) is 21.5 Å². The fourth-order valence-corrected chi connectivity index (χ4v) is 1.10. The molecule has 7 heteroatoms. The van der Waals surface area contributed by atoms with Crippen LogP contribution in [0.4, 0.5) is 5.69 Å². The standard InChI is InChI=1S/C12H11N5O2/c13-7-10(12(14)15)17-16-9-4-1-8(2-5-9)3-6-11(18)19/h1-6,16H,(H3,14,15)(H,18,19)/b6-3?,17-10+. The number of carboxylic acids is 1. The third-order valence-corrected chi connectivity index (χ3v) is 1.99. The summed E-state index contributed by atoms with van der Waals surface area (Å²) in [5, 5.41) is 27.8. The van der Waals surface area contributed by atoms with Crippen LogP contribution in [0.1, 0.15) is 5.56 Å². The van der Waals surface area contributed by atoms with Gasteiger partial charge in [-0.1, -0.05) is 12.1 Å². The number of nitrogens with zero attached hydrogens (tertiary/aromatic N) is 2. The number of carboxylic acid groups (broad SMARTS) is 1. The molecule has 0 radical (unpaired) electrons. The number of amidine groups is 1. The first-order valence-electron chi connectivity index (χ1n) is 5.12. The number of aliphatic carboxylic acids is 1. The Morgan fingerprint density at radius 2 is 2.11 bits per heavy atom. The Bertz CT molecular complexity index is 581. The molecule has 0 aliphatic carbocycles. The number of benzene rings is 1. The topological polar surface area (TPSA) is 135 Å². The Balaban J connectivity index is 2.75. The van der Waals surface area contributed by atoms with Gasteiger partial charge in [-0.25, -0.2) is 4.79 Å². The second-order valence-electron chi connectivity index (χ2n) is 3.39. The average molecular weight is 257 g/mol. The highest BCUT2D eigenvalue weighted by Crippen LogP contribution is 2.10. The van der Waals surface area contributed by atoms with Gasteiger partial charge in [0.25, 0.3) is 0 Å². The van der Waals surface area contributed by atoms with Gasteiger partial charge in [-0.15, -0.1) is 0 Å². The third kappa shape index (κ3) is 4.70. The largest absolute Gasteiger partial charge is 0.478 e. The van der Waals surface area contributed by atoms with E-state index >= 15 is 0 Å². The third-order valence-electron chi connectivity index (χ3n) is 1.99. The van der Waals surface area contributed by atoms with E-state index in [2.05, 4.69) is 10.5 Å². The predicted octanol–water partition coefficient (Wildman–Crippen LogP) is 1.01. The lowest BCUT2D eigenvalue weighted by molar-refractivity contribution is -0.131. The summed E-state index contributed by atoms with van der Waals surface area (Å²) in [6, 6.07) is 8.34. The highest BCUT2D eigenvalue weighted by molar-refractivity contribution is 6.45. The van der Waals surface area contributed by atoms with E-state index in [1.165, 1.54) is 6.08 Å². The monoisotopic (exact) mass is 257 g/mol. The van der Waals surface area contributed by atoms with Crippen LogP contribution in [0, 0.1) is 16.7 Å². The molecule has 0 bridgehead atoms. The normalized spacial score (nSPS) is 11.0. The van der Waals surface area contributed by atoms with E-state index in [0.29, 0.717) is 11.3 Å². The first-order valence-corrected chi connectivity index (χ1v) is 5.12. The van der Waals surface area contributed by atoms with E-state index in [9.17, 15) is 4.79 Å². The fraction of sp³-hybridized carbons (Fsp3) is 0. The molecule has 0 unspecified atom stereocenters. The smallest absolute Gasteiger partial charge is 0.328 e. The van der Waals surface area contributed by atoms with E-state index in [1.807, 2.05) is 0 Å². The van der Waals surface area contributed by atoms with Crippen LogP contribution in [0.3, 0.4) is 0 Å². The molecular formula is C12H11N5O2. The molecule has 0 saturated carbocycles. The van der Waals surface area contributed by atoms with Gasteiger partial charge in [-0.2, -0.15) is 10.4 Å². The molecule has 0 aliphatic heterocycles. The summed E-state index contributed by atoms with van der Waals surface area (Å²) in [4.78, 5) is 10.3. The molecular weight excluding hydrogens is 246 g/mol. The maximum absolute atomic E-state index is 10.3. The van der Waals surface area contributed by atoms with E-state index < -0.39 is 11.8 Å². The lowest BCUT2D eigenvalue weighted by atomic mass is 10.2. The Kier molecular flexibility index (Phi) is 4.81. The average Bonchev–Trinajstić information content (AvgIpc) is 2.38. The number of carbonyl (C=O) groups is 1. The lowest BCUT2D eigenvalue weighted by Crippen LogP contribution is -2.21. The zero-order chi connectivity index (χ0) is 14.3. The van der Waals surface area contributed by atoms with E-state index in [1.54, 1.807) is 30.3 Å². The summed E-state index contributed by atoms with van der Waals surface area (Å²) in [5.41, 5.74) is 8.79. The number of anilines is 1. The van der Waals surface area contributed by atoms with Gasteiger partial charge >= 0.3 is 5.97 Å². The highest BCUT2D eigenvalue weighted by atomic mass is 16.4. The van der Waals surface area contributed by atoms with Gasteiger partial charge in [0.2, 0.25) is 5.71 Å². The zero-order valence-electron chi connectivity index (χ0n) is 9.79. The second-order valence-corrected chi connectivity index (χ2v) is 3.39. The molecule has 1 rings (SSSR count). The Morgan fingerprint density at radius 1 is 1.47 bits per heavy atom. The molecule has 96 valence electrons. The molecule has 7 nitrogen and oxygen atoms in total. The second kappa shape index (κ2) is 6.56. The zero-order valence-corrected chi connectivity index (χ0v) is 9.79. The number of nitrogens with two attached hydrogens (primary N) is 1. The molecule has 0 saturated heterocycles. The molecule has 0 atom stereocenters. The van der Waals surface area contributed by atoms with Crippen molar-refractivity contribution in [3.05, 3.63) is 35.9 Å². The van der Waals surface area contributed by atoms with Crippen molar-refractivity contribution in [2.45, 2.75) is 0 Å². The Labute approximate surface area is 109 Å². The maximum atomic E-state index is 10.3. The van der Waals surface area contributed by atoms with Crippen LogP contribution in [-0.4, -0.2) is 22.6 Å².